The smallest absolute Gasteiger partial charge is 0.198 e. The molecule has 0 bridgehead atoms. The molecule has 1 aliphatic rings. The summed E-state index contributed by atoms with van der Waals surface area (Å²) in [6.45, 7) is 2.28. The van der Waals surface area contributed by atoms with Gasteiger partial charge in [-0.15, -0.1) is 0 Å². The second-order valence-corrected chi connectivity index (χ2v) is 6.06. The topological polar surface area (TPSA) is 17.1 Å². The lowest BCUT2D eigenvalue weighted by atomic mass is 10.0. The van der Waals surface area contributed by atoms with Crippen LogP contribution in [0, 0.1) is 11.8 Å². The van der Waals surface area contributed by atoms with Crippen molar-refractivity contribution in [2.24, 2.45) is 11.8 Å². The van der Waals surface area contributed by atoms with E-state index in [1.165, 1.54) is 70.6 Å². The number of carbonyl (C=O) groups excluding carboxylic acids is 1. The molecule has 0 aliphatic heterocycles. The fraction of sp³-hybridized carbons (Fsp3) is 0.941. The molecule has 0 amide bonds. The zero-order chi connectivity index (χ0) is 13.1. The van der Waals surface area contributed by atoms with Crippen molar-refractivity contribution in [3.63, 3.8) is 0 Å². The Balaban J connectivity index is 1.77. The normalized spacial score (nSPS) is 22.1. The van der Waals surface area contributed by atoms with Gasteiger partial charge < -0.3 is 0 Å². The summed E-state index contributed by atoms with van der Waals surface area (Å²) in [5, 5.41) is 0. The third-order valence-electron chi connectivity index (χ3n) is 4.35. The molecule has 2 atom stereocenters. The number of rotatable bonds is 13. The third kappa shape index (κ3) is 7.89. The first-order valence-electron chi connectivity index (χ1n) is 8.23. The van der Waals surface area contributed by atoms with Crippen molar-refractivity contribution in [3.8, 4) is 0 Å². The molecule has 1 rings (SSSR count). The van der Waals surface area contributed by atoms with Gasteiger partial charge >= 0.3 is 0 Å². The first-order chi connectivity index (χ1) is 8.88. The lowest BCUT2D eigenvalue weighted by Crippen LogP contribution is -1.86. The van der Waals surface area contributed by atoms with Gasteiger partial charge in [0.15, 0.2) is 6.29 Å². The third-order valence-corrected chi connectivity index (χ3v) is 4.35. The molecule has 2 unspecified atom stereocenters. The van der Waals surface area contributed by atoms with E-state index in [1.54, 1.807) is 0 Å². The quantitative estimate of drug-likeness (QED) is 0.399. The summed E-state index contributed by atoms with van der Waals surface area (Å²) < 4.78 is 0. The van der Waals surface area contributed by atoms with E-state index in [1.807, 2.05) is 6.29 Å². The molecule has 1 nitrogen and oxygen atoms in total. The van der Waals surface area contributed by atoms with Crippen LogP contribution < -0.4 is 0 Å². The van der Waals surface area contributed by atoms with Gasteiger partial charge in [-0.1, -0.05) is 71.1 Å². The predicted octanol–water partition coefficient (Wildman–Crippen LogP) is 5.43. The Bertz CT molecular complexity index is 200. The van der Waals surface area contributed by atoms with Crippen molar-refractivity contribution in [1.29, 1.82) is 0 Å². The SMILES string of the molecule is CCCCCCC1CC1CCCCCCC[C]=O. The molecule has 0 aromatic heterocycles. The van der Waals surface area contributed by atoms with Crippen molar-refractivity contribution >= 4 is 6.29 Å². The first kappa shape index (κ1) is 15.7. The van der Waals surface area contributed by atoms with Crippen molar-refractivity contribution in [2.75, 3.05) is 0 Å². The van der Waals surface area contributed by atoms with Crippen LogP contribution >= 0.6 is 0 Å². The second kappa shape index (κ2) is 10.6. The molecular weight excluding hydrogens is 220 g/mol. The molecule has 0 aromatic carbocycles. The highest BCUT2D eigenvalue weighted by Gasteiger charge is 2.34. The van der Waals surface area contributed by atoms with Crippen LogP contribution in [0.2, 0.25) is 0 Å². The fourth-order valence-corrected chi connectivity index (χ4v) is 2.98. The van der Waals surface area contributed by atoms with E-state index >= 15 is 0 Å². The standard InChI is InChI=1S/C17H31O/c1-2-3-4-9-12-16-15-17(16)13-10-7-5-6-8-11-14-18/h16-17H,2-13,15H2,1H3. The van der Waals surface area contributed by atoms with E-state index in [-0.39, 0.29) is 0 Å². The van der Waals surface area contributed by atoms with E-state index in [4.69, 9.17) is 0 Å². The van der Waals surface area contributed by atoms with Gasteiger partial charge in [0.05, 0.1) is 0 Å². The Kier molecular flexibility index (Phi) is 9.24. The minimum absolute atomic E-state index is 0.641. The molecule has 0 aromatic rings. The molecule has 1 heteroatoms. The van der Waals surface area contributed by atoms with Crippen LogP contribution in [-0.4, -0.2) is 6.29 Å². The maximum atomic E-state index is 10.0. The van der Waals surface area contributed by atoms with Gasteiger partial charge in [0, 0.05) is 6.42 Å². The molecule has 18 heavy (non-hydrogen) atoms. The van der Waals surface area contributed by atoms with Crippen LogP contribution in [0.15, 0.2) is 0 Å². The average molecular weight is 251 g/mol. The maximum Gasteiger partial charge on any atom is 0.198 e. The molecule has 1 fully saturated rings. The lowest BCUT2D eigenvalue weighted by molar-refractivity contribution is 0.518. The highest BCUT2D eigenvalue weighted by atomic mass is 16.1. The first-order valence-corrected chi connectivity index (χ1v) is 8.23. The van der Waals surface area contributed by atoms with Gasteiger partial charge in [0.1, 0.15) is 0 Å². The Morgan fingerprint density at radius 1 is 0.833 bits per heavy atom. The van der Waals surface area contributed by atoms with Gasteiger partial charge in [-0.3, -0.25) is 4.79 Å². The summed E-state index contributed by atoms with van der Waals surface area (Å²) in [6.07, 6.45) is 19.2. The van der Waals surface area contributed by atoms with Crippen LogP contribution in [0.3, 0.4) is 0 Å². The summed E-state index contributed by atoms with van der Waals surface area (Å²) in [7, 11) is 0. The summed E-state index contributed by atoms with van der Waals surface area (Å²) in [5.74, 6) is 2.17. The molecule has 1 saturated carbocycles. The average Bonchev–Trinajstić information content (AvgIpc) is 3.12. The summed E-state index contributed by atoms with van der Waals surface area (Å²) >= 11 is 0. The van der Waals surface area contributed by atoms with Gasteiger partial charge in [0.25, 0.3) is 0 Å². The number of hydrogen-bond donors (Lipinski definition) is 0. The van der Waals surface area contributed by atoms with E-state index in [9.17, 15) is 4.79 Å². The van der Waals surface area contributed by atoms with Crippen LogP contribution in [0.25, 0.3) is 0 Å². The number of unbranched alkanes of at least 4 members (excludes halogenated alkanes) is 8. The van der Waals surface area contributed by atoms with Gasteiger partial charge in [-0.25, -0.2) is 0 Å². The van der Waals surface area contributed by atoms with Crippen LogP contribution in [-0.2, 0) is 4.79 Å². The zero-order valence-corrected chi connectivity index (χ0v) is 12.3. The second-order valence-electron chi connectivity index (χ2n) is 6.06. The van der Waals surface area contributed by atoms with E-state index in [0.29, 0.717) is 6.42 Å². The molecule has 1 aliphatic carbocycles. The minimum atomic E-state index is 0.641. The van der Waals surface area contributed by atoms with Crippen molar-refractivity contribution in [1.82, 2.24) is 0 Å². The minimum Gasteiger partial charge on any atom is -0.291 e. The van der Waals surface area contributed by atoms with Crippen LogP contribution in [0.5, 0.6) is 0 Å². The molecule has 105 valence electrons. The van der Waals surface area contributed by atoms with Crippen LogP contribution in [0.1, 0.15) is 90.4 Å². The Morgan fingerprint density at radius 3 is 2.00 bits per heavy atom. The molecule has 0 heterocycles. The monoisotopic (exact) mass is 251 g/mol. The lowest BCUT2D eigenvalue weighted by Gasteiger charge is -2.01. The highest BCUT2D eigenvalue weighted by molar-refractivity contribution is 5.50. The van der Waals surface area contributed by atoms with E-state index in [2.05, 4.69) is 6.92 Å². The molecule has 0 spiro atoms. The fourth-order valence-electron chi connectivity index (χ4n) is 2.98. The maximum absolute atomic E-state index is 10.0. The largest absolute Gasteiger partial charge is 0.291 e. The Labute approximate surface area is 114 Å². The van der Waals surface area contributed by atoms with E-state index < -0.39 is 0 Å². The van der Waals surface area contributed by atoms with Gasteiger partial charge in [-0.2, -0.15) is 0 Å². The van der Waals surface area contributed by atoms with Gasteiger partial charge in [-0.05, 0) is 24.7 Å². The van der Waals surface area contributed by atoms with Crippen molar-refractivity contribution in [2.45, 2.75) is 90.4 Å². The summed E-state index contributed by atoms with van der Waals surface area (Å²) in [5.41, 5.74) is 0. The highest BCUT2D eigenvalue weighted by Crippen LogP contribution is 2.45. The Morgan fingerprint density at radius 2 is 1.39 bits per heavy atom. The van der Waals surface area contributed by atoms with E-state index in [0.717, 1.165) is 18.3 Å². The van der Waals surface area contributed by atoms with Crippen molar-refractivity contribution in [3.05, 3.63) is 0 Å². The zero-order valence-electron chi connectivity index (χ0n) is 12.3. The summed E-state index contributed by atoms with van der Waals surface area (Å²) in [6, 6.07) is 0. The van der Waals surface area contributed by atoms with Crippen molar-refractivity contribution < 1.29 is 4.79 Å². The molecule has 0 N–H and O–H groups in total. The molecule has 1 radical (unpaired) electrons. The molecular formula is C17H31O. The summed E-state index contributed by atoms with van der Waals surface area (Å²) in [4.78, 5) is 10.0. The number of hydrogen-bond acceptors (Lipinski definition) is 1. The predicted molar refractivity (Wildman–Crippen MR) is 78.4 cm³/mol. The molecule has 0 saturated heterocycles. The Hall–Kier alpha value is -0.330. The van der Waals surface area contributed by atoms with Gasteiger partial charge in [0.2, 0.25) is 0 Å². The van der Waals surface area contributed by atoms with Crippen LogP contribution in [0.4, 0.5) is 0 Å².